The molecule has 2 aromatic carbocycles. The molecule has 2 aromatic rings. The van der Waals surface area contributed by atoms with Crippen molar-refractivity contribution in [3.05, 3.63) is 69.4 Å². The zero-order chi connectivity index (χ0) is 14.7. The second kappa shape index (κ2) is 6.18. The normalized spacial score (nSPS) is 10.4. The van der Waals surface area contributed by atoms with Gasteiger partial charge in [-0.2, -0.15) is 0 Å². The van der Waals surface area contributed by atoms with Crippen LogP contribution in [-0.2, 0) is 6.54 Å². The van der Waals surface area contributed by atoms with Crippen LogP contribution < -0.4 is 0 Å². The lowest BCUT2D eigenvalue weighted by atomic mass is 10.1. The summed E-state index contributed by atoms with van der Waals surface area (Å²) in [7, 11) is 1.68. The van der Waals surface area contributed by atoms with Crippen LogP contribution in [0.2, 0.25) is 0 Å². The molecule has 0 aliphatic carbocycles. The number of carbonyl (C=O) groups excluding carboxylic acids is 1. The molecule has 0 heterocycles. The van der Waals surface area contributed by atoms with Crippen LogP contribution in [0.1, 0.15) is 21.5 Å². The molecule has 0 aromatic heterocycles. The van der Waals surface area contributed by atoms with Crippen molar-refractivity contribution in [2.75, 3.05) is 7.05 Å². The van der Waals surface area contributed by atoms with E-state index in [1.165, 1.54) is 11.0 Å². The quantitative estimate of drug-likeness (QED) is 0.824. The highest BCUT2D eigenvalue weighted by Gasteiger charge is 2.18. The summed E-state index contributed by atoms with van der Waals surface area (Å²) in [5.74, 6) is -0.846. The number of carbonyl (C=O) groups is 1. The topological polar surface area (TPSA) is 20.3 Å². The fraction of sp³-hybridized carbons (Fsp3) is 0.188. The highest BCUT2D eigenvalue weighted by atomic mass is 79.9. The van der Waals surface area contributed by atoms with Gasteiger partial charge in [0.25, 0.3) is 5.91 Å². The summed E-state index contributed by atoms with van der Waals surface area (Å²) >= 11 is 3.10. The molecule has 0 radical (unpaired) electrons. The minimum atomic E-state index is -0.519. The second-order valence-electron chi connectivity index (χ2n) is 4.69. The van der Waals surface area contributed by atoms with Gasteiger partial charge in [0, 0.05) is 13.6 Å². The molecule has 0 saturated carbocycles. The van der Waals surface area contributed by atoms with E-state index in [0.29, 0.717) is 11.0 Å². The largest absolute Gasteiger partial charge is 0.337 e. The summed E-state index contributed by atoms with van der Waals surface area (Å²) in [4.78, 5) is 13.8. The van der Waals surface area contributed by atoms with E-state index in [9.17, 15) is 9.18 Å². The van der Waals surface area contributed by atoms with E-state index in [2.05, 4.69) is 15.9 Å². The lowest BCUT2D eigenvalue weighted by Gasteiger charge is -2.19. The Morgan fingerprint density at radius 1 is 1.20 bits per heavy atom. The number of aryl methyl sites for hydroxylation is 1. The van der Waals surface area contributed by atoms with Crippen LogP contribution in [0.4, 0.5) is 4.39 Å². The molecule has 20 heavy (non-hydrogen) atoms. The molecular formula is C16H15BrFNO. The highest BCUT2D eigenvalue weighted by molar-refractivity contribution is 9.10. The van der Waals surface area contributed by atoms with Crippen molar-refractivity contribution in [1.29, 1.82) is 0 Å². The third kappa shape index (κ3) is 3.07. The Morgan fingerprint density at radius 3 is 2.60 bits per heavy atom. The number of rotatable bonds is 3. The number of hydrogen-bond donors (Lipinski definition) is 0. The molecule has 0 aliphatic rings. The predicted octanol–water partition coefficient (Wildman–Crippen LogP) is 4.17. The molecule has 0 saturated heterocycles. The summed E-state index contributed by atoms with van der Waals surface area (Å²) in [5, 5.41) is 0. The maximum absolute atomic E-state index is 13.9. The maximum atomic E-state index is 13.9. The van der Waals surface area contributed by atoms with Crippen molar-refractivity contribution in [3.8, 4) is 0 Å². The minimum absolute atomic E-state index is 0.0791. The predicted molar refractivity (Wildman–Crippen MR) is 81.1 cm³/mol. The first-order chi connectivity index (χ1) is 9.50. The molecule has 0 fully saturated rings. The summed E-state index contributed by atoms with van der Waals surface area (Å²) in [6, 6.07) is 12.6. The molecule has 1 amide bonds. The van der Waals surface area contributed by atoms with Gasteiger partial charge in [-0.25, -0.2) is 4.39 Å². The van der Waals surface area contributed by atoms with E-state index in [-0.39, 0.29) is 11.5 Å². The number of benzene rings is 2. The standard InChI is InChI=1S/C16H15BrFNO/c1-11-6-3-4-7-12(11)10-19(2)16(20)13-8-5-9-14(17)15(13)18/h3-9H,10H2,1-2H3. The average Bonchev–Trinajstić information content (AvgIpc) is 2.43. The van der Waals surface area contributed by atoms with Crippen LogP contribution in [0.15, 0.2) is 46.9 Å². The van der Waals surface area contributed by atoms with Gasteiger partial charge in [-0.15, -0.1) is 0 Å². The van der Waals surface area contributed by atoms with Gasteiger partial charge < -0.3 is 4.90 Å². The molecule has 0 N–H and O–H groups in total. The fourth-order valence-electron chi connectivity index (χ4n) is 1.99. The minimum Gasteiger partial charge on any atom is -0.337 e. The van der Waals surface area contributed by atoms with E-state index in [4.69, 9.17) is 0 Å². The maximum Gasteiger partial charge on any atom is 0.256 e. The highest BCUT2D eigenvalue weighted by Crippen LogP contribution is 2.20. The fourth-order valence-corrected chi connectivity index (χ4v) is 2.36. The Morgan fingerprint density at radius 2 is 1.90 bits per heavy atom. The monoisotopic (exact) mass is 335 g/mol. The lowest BCUT2D eigenvalue weighted by molar-refractivity contribution is 0.0780. The van der Waals surface area contributed by atoms with Crippen LogP contribution in [0.5, 0.6) is 0 Å². The molecule has 104 valence electrons. The molecule has 2 rings (SSSR count). The van der Waals surface area contributed by atoms with Crippen molar-refractivity contribution in [3.63, 3.8) is 0 Å². The zero-order valence-corrected chi connectivity index (χ0v) is 12.9. The third-order valence-electron chi connectivity index (χ3n) is 3.20. The summed E-state index contributed by atoms with van der Waals surface area (Å²) < 4.78 is 14.2. The van der Waals surface area contributed by atoms with Crippen LogP contribution in [0, 0.1) is 12.7 Å². The van der Waals surface area contributed by atoms with E-state index >= 15 is 0 Å². The first-order valence-electron chi connectivity index (χ1n) is 6.24. The Balaban J connectivity index is 2.21. The van der Waals surface area contributed by atoms with Gasteiger partial charge in [0.2, 0.25) is 0 Å². The molecule has 0 spiro atoms. The molecular weight excluding hydrogens is 321 g/mol. The first-order valence-corrected chi connectivity index (χ1v) is 7.04. The van der Waals surface area contributed by atoms with Crippen LogP contribution in [-0.4, -0.2) is 17.9 Å². The Kier molecular flexibility index (Phi) is 4.55. The lowest BCUT2D eigenvalue weighted by Crippen LogP contribution is -2.27. The molecule has 4 heteroatoms. The second-order valence-corrected chi connectivity index (χ2v) is 5.54. The van der Waals surface area contributed by atoms with Crippen LogP contribution in [0.25, 0.3) is 0 Å². The van der Waals surface area contributed by atoms with Crippen molar-refractivity contribution < 1.29 is 9.18 Å². The van der Waals surface area contributed by atoms with Gasteiger partial charge in [0.05, 0.1) is 10.0 Å². The number of nitrogens with zero attached hydrogens (tertiary/aromatic N) is 1. The Labute approximate surface area is 126 Å². The van der Waals surface area contributed by atoms with Gasteiger partial charge in [-0.3, -0.25) is 4.79 Å². The van der Waals surface area contributed by atoms with Crippen LogP contribution in [0.3, 0.4) is 0 Å². The van der Waals surface area contributed by atoms with E-state index in [1.54, 1.807) is 19.2 Å². The van der Waals surface area contributed by atoms with Gasteiger partial charge in [-0.1, -0.05) is 30.3 Å². The molecule has 0 aliphatic heterocycles. The summed E-state index contributed by atoms with van der Waals surface area (Å²) in [6.07, 6.45) is 0. The smallest absolute Gasteiger partial charge is 0.256 e. The third-order valence-corrected chi connectivity index (χ3v) is 3.81. The molecule has 0 bridgehead atoms. The van der Waals surface area contributed by atoms with E-state index in [0.717, 1.165) is 11.1 Å². The summed E-state index contributed by atoms with van der Waals surface area (Å²) in [5.41, 5.74) is 2.25. The molecule has 0 unspecified atom stereocenters. The summed E-state index contributed by atoms with van der Waals surface area (Å²) in [6.45, 7) is 2.45. The number of hydrogen-bond acceptors (Lipinski definition) is 1. The van der Waals surface area contributed by atoms with Crippen molar-refractivity contribution in [2.45, 2.75) is 13.5 Å². The van der Waals surface area contributed by atoms with E-state index < -0.39 is 5.82 Å². The Hall–Kier alpha value is -1.68. The van der Waals surface area contributed by atoms with Crippen LogP contribution >= 0.6 is 15.9 Å². The SMILES string of the molecule is Cc1ccccc1CN(C)C(=O)c1cccc(Br)c1F. The number of amides is 1. The van der Waals surface area contributed by atoms with Gasteiger partial charge in [0.1, 0.15) is 5.82 Å². The van der Waals surface area contributed by atoms with Gasteiger partial charge in [-0.05, 0) is 46.1 Å². The first kappa shape index (κ1) is 14.7. The number of halogens is 2. The van der Waals surface area contributed by atoms with E-state index in [1.807, 2.05) is 31.2 Å². The van der Waals surface area contributed by atoms with Gasteiger partial charge in [0.15, 0.2) is 0 Å². The Bertz CT molecular complexity index is 642. The molecule has 2 nitrogen and oxygen atoms in total. The average molecular weight is 336 g/mol. The zero-order valence-electron chi connectivity index (χ0n) is 11.4. The van der Waals surface area contributed by atoms with Crippen molar-refractivity contribution in [1.82, 2.24) is 4.90 Å². The van der Waals surface area contributed by atoms with Crippen molar-refractivity contribution >= 4 is 21.8 Å². The van der Waals surface area contributed by atoms with Crippen molar-refractivity contribution in [2.24, 2.45) is 0 Å². The molecule has 0 atom stereocenters. The van der Waals surface area contributed by atoms with Gasteiger partial charge >= 0.3 is 0 Å².